The zero-order chi connectivity index (χ0) is 29.6. The van der Waals surface area contributed by atoms with E-state index in [4.69, 9.17) is 4.42 Å². The summed E-state index contributed by atoms with van der Waals surface area (Å²) in [7, 11) is 0. The second-order valence-electron chi connectivity index (χ2n) is 11.2. The Bertz CT molecular complexity index is 2400. The molecule has 1 heterocycles. The molecule has 0 spiro atoms. The molecule has 208 valence electrons. The molecule has 0 radical (unpaired) electrons. The summed E-state index contributed by atoms with van der Waals surface area (Å²) in [5.41, 5.74) is 8.86. The van der Waals surface area contributed by atoms with Crippen molar-refractivity contribution >= 4 is 59.8 Å². The van der Waals surface area contributed by atoms with Crippen molar-refractivity contribution in [3.05, 3.63) is 164 Å². The predicted molar refractivity (Wildman–Crippen MR) is 190 cm³/mol. The molecular formula is C43H30O. The number of allylic oxidation sites excluding steroid dienone is 5. The molecule has 0 unspecified atom stereocenters. The van der Waals surface area contributed by atoms with Gasteiger partial charge in [-0.25, -0.2) is 0 Å². The van der Waals surface area contributed by atoms with Crippen molar-refractivity contribution in [3.8, 4) is 22.3 Å². The second kappa shape index (κ2) is 10.6. The summed E-state index contributed by atoms with van der Waals surface area (Å²) in [6.07, 6.45) is 8.02. The molecule has 44 heavy (non-hydrogen) atoms. The van der Waals surface area contributed by atoms with Crippen LogP contribution in [0, 0.1) is 0 Å². The van der Waals surface area contributed by atoms with Crippen LogP contribution in [0.4, 0.5) is 0 Å². The molecule has 0 amide bonds. The van der Waals surface area contributed by atoms with Gasteiger partial charge >= 0.3 is 0 Å². The van der Waals surface area contributed by atoms with E-state index in [9.17, 15) is 0 Å². The van der Waals surface area contributed by atoms with Gasteiger partial charge in [0, 0.05) is 16.3 Å². The minimum absolute atomic E-state index is 0.888. The quantitative estimate of drug-likeness (QED) is 0.150. The number of hydrogen-bond donors (Lipinski definition) is 0. The average Bonchev–Trinajstić information content (AvgIpc) is 3.47. The van der Waals surface area contributed by atoms with E-state index < -0.39 is 0 Å². The Balaban J connectivity index is 1.45. The molecule has 1 heteroatoms. The van der Waals surface area contributed by atoms with Crippen molar-refractivity contribution < 1.29 is 4.42 Å². The molecule has 0 aliphatic carbocycles. The largest absolute Gasteiger partial charge is 0.455 e. The molecular weight excluding hydrogens is 532 g/mol. The summed E-state index contributed by atoms with van der Waals surface area (Å²) in [4.78, 5) is 0. The van der Waals surface area contributed by atoms with Gasteiger partial charge in [-0.15, -0.1) is 0 Å². The van der Waals surface area contributed by atoms with Gasteiger partial charge in [0.1, 0.15) is 11.2 Å². The minimum Gasteiger partial charge on any atom is -0.455 e. The van der Waals surface area contributed by atoms with Gasteiger partial charge in [-0.05, 0) is 85.3 Å². The molecule has 8 rings (SSSR count). The standard InChI is InChI=1S/C43H30O/c1-3-5-15-28(4-2)38-26-30-18-9-10-19-32(30)42-37-25-24-31(27-39(37)44-43(38)42)41-35-22-13-11-20-33(35)40(29-16-7-6-8-17-29)34-21-12-14-23-36(34)41/h3-27H,1H2,2H3/b15-5-,28-4+. The van der Waals surface area contributed by atoms with Crippen LogP contribution >= 0.6 is 0 Å². The number of benzene rings is 7. The van der Waals surface area contributed by atoms with Crippen molar-refractivity contribution in [2.24, 2.45) is 0 Å². The maximum Gasteiger partial charge on any atom is 0.143 e. The van der Waals surface area contributed by atoms with Crippen molar-refractivity contribution in [1.82, 2.24) is 0 Å². The van der Waals surface area contributed by atoms with Crippen LogP contribution in [0.25, 0.3) is 82.1 Å². The van der Waals surface area contributed by atoms with Crippen LogP contribution in [0.1, 0.15) is 12.5 Å². The highest BCUT2D eigenvalue weighted by Gasteiger charge is 2.20. The zero-order valence-corrected chi connectivity index (χ0v) is 24.5. The van der Waals surface area contributed by atoms with E-state index in [1.165, 1.54) is 49.0 Å². The van der Waals surface area contributed by atoms with Crippen LogP contribution < -0.4 is 0 Å². The first kappa shape index (κ1) is 26.0. The lowest BCUT2D eigenvalue weighted by atomic mass is 9.86. The van der Waals surface area contributed by atoms with E-state index in [1.807, 2.05) is 12.2 Å². The molecule has 0 saturated heterocycles. The van der Waals surface area contributed by atoms with Crippen molar-refractivity contribution in [2.75, 3.05) is 0 Å². The third kappa shape index (κ3) is 4.01. The molecule has 0 atom stereocenters. The molecule has 1 aromatic heterocycles. The normalized spacial score (nSPS) is 12.3. The van der Waals surface area contributed by atoms with Crippen LogP contribution in [-0.4, -0.2) is 0 Å². The number of rotatable bonds is 5. The van der Waals surface area contributed by atoms with Crippen LogP contribution in [-0.2, 0) is 0 Å². The first-order valence-corrected chi connectivity index (χ1v) is 15.1. The van der Waals surface area contributed by atoms with Gasteiger partial charge in [-0.3, -0.25) is 0 Å². The van der Waals surface area contributed by atoms with E-state index in [0.717, 1.165) is 38.6 Å². The molecule has 0 fully saturated rings. The van der Waals surface area contributed by atoms with Gasteiger partial charge in [-0.2, -0.15) is 0 Å². The summed E-state index contributed by atoms with van der Waals surface area (Å²) in [6, 6.07) is 45.9. The monoisotopic (exact) mass is 562 g/mol. The molecule has 0 N–H and O–H groups in total. The summed E-state index contributed by atoms with van der Waals surface area (Å²) >= 11 is 0. The Hall–Kier alpha value is -5.66. The summed E-state index contributed by atoms with van der Waals surface area (Å²) in [5, 5.41) is 9.63. The second-order valence-corrected chi connectivity index (χ2v) is 11.2. The number of fused-ring (bicyclic) bond motifs is 7. The highest BCUT2D eigenvalue weighted by atomic mass is 16.3. The van der Waals surface area contributed by atoms with E-state index >= 15 is 0 Å². The third-order valence-corrected chi connectivity index (χ3v) is 8.78. The molecule has 0 saturated carbocycles. The smallest absolute Gasteiger partial charge is 0.143 e. The molecule has 0 bridgehead atoms. The van der Waals surface area contributed by atoms with Gasteiger partial charge < -0.3 is 4.42 Å². The van der Waals surface area contributed by atoms with Gasteiger partial charge in [0.05, 0.1) is 0 Å². The Kier molecular flexibility index (Phi) is 6.24. The Morgan fingerprint density at radius 2 is 1.18 bits per heavy atom. The number of furan rings is 1. The lowest BCUT2D eigenvalue weighted by Gasteiger charge is -2.17. The fourth-order valence-corrected chi connectivity index (χ4v) is 6.86. The van der Waals surface area contributed by atoms with Crippen LogP contribution in [0.3, 0.4) is 0 Å². The third-order valence-electron chi connectivity index (χ3n) is 8.78. The number of hydrogen-bond acceptors (Lipinski definition) is 1. The highest BCUT2D eigenvalue weighted by Crippen LogP contribution is 2.45. The van der Waals surface area contributed by atoms with E-state index in [0.29, 0.717) is 0 Å². The molecule has 1 nitrogen and oxygen atoms in total. The lowest BCUT2D eigenvalue weighted by Crippen LogP contribution is -1.90. The Labute approximate surface area is 256 Å². The predicted octanol–water partition coefficient (Wildman–Crippen LogP) is 12.5. The average molecular weight is 563 g/mol. The van der Waals surface area contributed by atoms with E-state index in [1.54, 1.807) is 0 Å². The summed E-state index contributed by atoms with van der Waals surface area (Å²) < 4.78 is 6.83. The minimum atomic E-state index is 0.888. The molecule has 8 aromatic rings. The Morgan fingerprint density at radius 3 is 1.82 bits per heavy atom. The Morgan fingerprint density at radius 1 is 0.591 bits per heavy atom. The molecule has 0 aliphatic rings. The fourth-order valence-electron chi connectivity index (χ4n) is 6.86. The van der Waals surface area contributed by atoms with E-state index in [-0.39, 0.29) is 0 Å². The van der Waals surface area contributed by atoms with Crippen LogP contribution in [0.15, 0.2) is 163 Å². The molecule has 7 aromatic carbocycles. The van der Waals surface area contributed by atoms with Crippen LogP contribution in [0.5, 0.6) is 0 Å². The van der Waals surface area contributed by atoms with Gasteiger partial charge in [0.2, 0.25) is 0 Å². The van der Waals surface area contributed by atoms with Gasteiger partial charge in [-0.1, -0.05) is 140 Å². The lowest BCUT2D eigenvalue weighted by molar-refractivity contribution is 0.668. The highest BCUT2D eigenvalue weighted by molar-refractivity contribution is 6.24. The maximum absolute atomic E-state index is 6.83. The van der Waals surface area contributed by atoms with Crippen molar-refractivity contribution in [1.29, 1.82) is 0 Å². The fraction of sp³-hybridized carbons (Fsp3) is 0.0233. The van der Waals surface area contributed by atoms with Gasteiger partial charge in [0.15, 0.2) is 0 Å². The van der Waals surface area contributed by atoms with Crippen molar-refractivity contribution in [2.45, 2.75) is 6.92 Å². The molecule has 0 aliphatic heterocycles. The summed E-state index contributed by atoms with van der Waals surface area (Å²) in [5.74, 6) is 0. The van der Waals surface area contributed by atoms with E-state index in [2.05, 4.69) is 153 Å². The maximum atomic E-state index is 6.83. The van der Waals surface area contributed by atoms with Crippen molar-refractivity contribution in [3.63, 3.8) is 0 Å². The first-order chi connectivity index (χ1) is 21.8. The zero-order valence-electron chi connectivity index (χ0n) is 24.5. The summed E-state index contributed by atoms with van der Waals surface area (Å²) in [6.45, 7) is 5.94. The topological polar surface area (TPSA) is 13.1 Å². The van der Waals surface area contributed by atoms with Crippen LogP contribution in [0.2, 0.25) is 0 Å². The first-order valence-electron chi connectivity index (χ1n) is 15.1. The van der Waals surface area contributed by atoms with Gasteiger partial charge in [0.25, 0.3) is 0 Å². The SMILES string of the molecule is C=C/C=C\C(=C/C)c1cc2ccccc2c2c1oc1cc(-c3c4ccccc4c(-c4ccccc4)c4ccccc34)ccc12.